The Hall–Kier alpha value is -0.200. The van der Waals surface area contributed by atoms with Crippen LogP contribution in [0.5, 0.6) is 0 Å². The number of aliphatic hydroxyl groups is 1. The Labute approximate surface area is 149 Å². The van der Waals surface area contributed by atoms with Gasteiger partial charge in [-0.05, 0) is 40.5 Å². The monoisotopic (exact) mass is 340 g/mol. The molecule has 1 N–H and O–H groups in total. The molecule has 2 atom stereocenters. The zero-order chi connectivity index (χ0) is 17.5. The van der Waals surface area contributed by atoms with Crippen LogP contribution in [0.2, 0.25) is 0 Å². The van der Waals surface area contributed by atoms with E-state index in [2.05, 4.69) is 47.3 Å². The van der Waals surface area contributed by atoms with Gasteiger partial charge in [0.2, 0.25) is 0 Å². The molecule has 0 radical (unpaired) electrons. The molecule has 2 rings (SSSR count). The van der Waals surface area contributed by atoms with Gasteiger partial charge in [-0.15, -0.1) is 0 Å². The summed E-state index contributed by atoms with van der Waals surface area (Å²) in [6.45, 7) is 20.0. The minimum Gasteiger partial charge on any atom is -0.395 e. The summed E-state index contributed by atoms with van der Waals surface area (Å²) in [6, 6.07) is 2.07. The Kier molecular flexibility index (Phi) is 8.44. The average molecular weight is 341 g/mol. The molecule has 24 heavy (non-hydrogen) atoms. The molecule has 0 aromatic rings. The summed E-state index contributed by atoms with van der Waals surface area (Å²) >= 11 is 0. The van der Waals surface area contributed by atoms with Crippen molar-refractivity contribution in [1.82, 2.24) is 19.6 Å². The molecule has 0 saturated carbocycles. The molecule has 2 saturated heterocycles. The Morgan fingerprint density at radius 2 is 1.08 bits per heavy atom. The fourth-order valence-electron chi connectivity index (χ4n) is 4.11. The minimum absolute atomic E-state index is 0.289. The molecule has 142 valence electrons. The molecule has 0 aromatic carbocycles. The molecule has 2 aliphatic rings. The first-order valence-electron chi connectivity index (χ1n) is 10.1. The summed E-state index contributed by atoms with van der Waals surface area (Å²) in [6.07, 6.45) is 2.60. The molecule has 2 fully saturated rings. The van der Waals surface area contributed by atoms with E-state index in [0.29, 0.717) is 18.1 Å². The van der Waals surface area contributed by atoms with Gasteiger partial charge in [0.25, 0.3) is 0 Å². The Morgan fingerprint density at radius 3 is 1.50 bits per heavy atom. The van der Waals surface area contributed by atoms with Crippen LogP contribution in [0.25, 0.3) is 0 Å². The highest BCUT2D eigenvalue weighted by atomic mass is 16.3. The standard InChI is InChI=1S/C19H40N4O/c1-17(2)21-11-13-23(14-12-21)19(4)6-5-18(3)22-9-7-20(8-10-22)15-16-24/h17-19,24H,5-16H2,1-4H3. The van der Waals surface area contributed by atoms with Crippen LogP contribution < -0.4 is 0 Å². The zero-order valence-electron chi connectivity index (χ0n) is 16.5. The number of aliphatic hydroxyl groups excluding tert-OH is 1. The summed E-state index contributed by atoms with van der Waals surface area (Å²) in [7, 11) is 0. The van der Waals surface area contributed by atoms with Crippen LogP contribution in [0, 0.1) is 0 Å². The van der Waals surface area contributed by atoms with Crippen LogP contribution in [0.15, 0.2) is 0 Å². The largest absolute Gasteiger partial charge is 0.395 e. The molecule has 5 heteroatoms. The smallest absolute Gasteiger partial charge is 0.0558 e. The highest BCUT2D eigenvalue weighted by molar-refractivity contribution is 4.81. The molecule has 2 aliphatic heterocycles. The van der Waals surface area contributed by atoms with E-state index in [4.69, 9.17) is 5.11 Å². The van der Waals surface area contributed by atoms with Gasteiger partial charge in [-0.3, -0.25) is 19.6 Å². The first kappa shape index (κ1) is 20.1. The topological polar surface area (TPSA) is 33.2 Å². The van der Waals surface area contributed by atoms with Crippen molar-refractivity contribution in [3.8, 4) is 0 Å². The normalized spacial score (nSPS) is 25.2. The number of rotatable bonds is 8. The maximum absolute atomic E-state index is 9.05. The van der Waals surface area contributed by atoms with Gasteiger partial charge in [0.15, 0.2) is 0 Å². The van der Waals surface area contributed by atoms with Crippen LogP contribution in [0.4, 0.5) is 0 Å². The van der Waals surface area contributed by atoms with Crippen molar-refractivity contribution in [3.63, 3.8) is 0 Å². The fraction of sp³-hybridized carbons (Fsp3) is 1.00. The molecule has 2 unspecified atom stereocenters. The summed E-state index contributed by atoms with van der Waals surface area (Å²) in [5.74, 6) is 0. The molecule has 0 aliphatic carbocycles. The highest BCUT2D eigenvalue weighted by Gasteiger charge is 2.24. The summed E-state index contributed by atoms with van der Waals surface area (Å²) in [5, 5.41) is 9.05. The fourth-order valence-corrected chi connectivity index (χ4v) is 4.11. The van der Waals surface area contributed by atoms with E-state index >= 15 is 0 Å². The van der Waals surface area contributed by atoms with Gasteiger partial charge in [-0.1, -0.05) is 0 Å². The van der Waals surface area contributed by atoms with Crippen molar-refractivity contribution < 1.29 is 5.11 Å². The third-order valence-corrected chi connectivity index (χ3v) is 6.15. The summed E-state index contributed by atoms with van der Waals surface area (Å²) in [5.41, 5.74) is 0. The first-order chi connectivity index (χ1) is 11.5. The number of hydrogen-bond donors (Lipinski definition) is 1. The quantitative estimate of drug-likeness (QED) is 0.717. The maximum atomic E-state index is 9.05. The van der Waals surface area contributed by atoms with E-state index in [9.17, 15) is 0 Å². The van der Waals surface area contributed by atoms with E-state index < -0.39 is 0 Å². The van der Waals surface area contributed by atoms with Crippen LogP contribution in [0.1, 0.15) is 40.5 Å². The van der Waals surface area contributed by atoms with E-state index in [-0.39, 0.29) is 6.61 Å². The lowest BCUT2D eigenvalue weighted by atomic mass is 10.0. The third-order valence-electron chi connectivity index (χ3n) is 6.15. The van der Waals surface area contributed by atoms with Gasteiger partial charge in [0.1, 0.15) is 0 Å². The zero-order valence-corrected chi connectivity index (χ0v) is 16.5. The number of nitrogens with zero attached hydrogens (tertiary/aromatic N) is 4. The van der Waals surface area contributed by atoms with Crippen molar-refractivity contribution >= 4 is 0 Å². The number of hydrogen-bond acceptors (Lipinski definition) is 5. The highest BCUT2D eigenvalue weighted by Crippen LogP contribution is 2.16. The minimum atomic E-state index is 0.289. The molecular weight excluding hydrogens is 300 g/mol. The molecule has 5 nitrogen and oxygen atoms in total. The summed E-state index contributed by atoms with van der Waals surface area (Å²) < 4.78 is 0. The van der Waals surface area contributed by atoms with Gasteiger partial charge in [-0.2, -0.15) is 0 Å². The Morgan fingerprint density at radius 1 is 0.667 bits per heavy atom. The van der Waals surface area contributed by atoms with E-state index in [1.807, 2.05) is 0 Å². The average Bonchev–Trinajstić information content (AvgIpc) is 2.60. The van der Waals surface area contributed by atoms with E-state index in [1.165, 1.54) is 39.0 Å². The number of β-amino-alcohol motifs (C(OH)–C–C–N with tert-alkyl or cyclic N) is 1. The second-order valence-electron chi connectivity index (χ2n) is 8.04. The van der Waals surface area contributed by atoms with Crippen molar-refractivity contribution in [3.05, 3.63) is 0 Å². The van der Waals surface area contributed by atoms with Gasteiger partial charge in [0.05, 0.1) is 6.61 Å². The maximum Gasteiger partial charge on any atom is 0.0558 e. The van der Waals surface area contributed by atoms with Crippen LogP contribution in [0.3, 0.4) is 0 Å². The lowest BCUT2D eigenvalue weighted by Gasteiger charge is -2.41. The van der Waals surface area contributed by atoms with Crippen LogP contribution in [-0.2, 0) is 0 Å². The van der Waals surface area contributed by atoms with Crippen LogP contribution >= 0.6 is 0 Å². The second-order valence-corrected chi connectivity index (χ2v) is 8.04. The van der Waals surface area contributed by atoms with Crippen molar-refractivity contribution in [1.29, 1.82) is 0 Å². The van der Waals surface area contributed by atoms with Crippen molar-refractivity contribution in [2.45, 2.75) is 58.7 Å². The van der Waals surface area contributed by atoms with Crippen molar-refractivity contribution in [2.24, 2.45) is 0 Å². The van der Waals surface area contributed by atoms with Crippen LogP contribution in [-0.4, -0.2) is 108 Å². The van der Waals surface area contributed by atoms with Gasteiger partial charge in [-0.25, -0.2) is 0 Å². The predicted octanol–water partition coefficient (Wildman–Crippen LogP) is 1.18. The molecular formula is C19H40N4O. The first-order valence-corrected chi connectivity index (χ1v) is 10.1. The van der Waals surface area contributed by atoms with Gasteiger partial charge in [0, 0.05) is 77.0 Å². The molecule has 0 spiro atoms. The van der Waals surface area contributed by atoms with Gasteiger partial charge >= 0.3 is 0 Å². The molecule has 0 bridgehead atoms. The Bertz CT molecular complexity index is 336. The summed E-state index contributed by atoms with van der Waals surface area (Å²) in [4.78, 5) is 10.3. The lowest BCUT2D eigenvalue weighted by molar-refractivity contribution is 0.0662. The molecule has 0 amide bonds. The van der Waals surface area contributed by atoms with E-state index in [0.717, 1.165) is 32.7 Å². The van der Waals surface area contributed by atoms with Gasteiger partial charge < -0.3 is 5.11 Å². The molecule has 2 heterocycles. The van der Waals surface area contributed by atoms with E-state index in [1.54, 1.807) is 0 Å². The number of piperazine rings is 2. The lowest BCUT2D eigenvalue weighted by Crippen LogP contribution is -2.52. The van der Waals surface area contributed by atoms with Crippen molar-refractivity contribution in [2.75, 3.05) is 65.5 Å². The SMILES string of the molecule is CC(C)N1CCN(C(C)CCC(C)N2CCN(CCO)CC2)CC1. The third kappa shape index (κ3) is 5.95. The molecule has 0 aromatic heterocycles. The Balaban J connectivity index is 1.64. The predicted molar refractivity (Wildman–Crippen MR) is 102 cm³/mol. The second kappa shape index (κ2) is 10.1.